The van der Waals surface area contributed by atoms with Gasteiger partial charge in [-0.1, -0.05) is 13.8 Å². The SMILES string of the molecule is CC(C)CC(CC#N)C(C)F. The second-order valence-corrected chi connectivity index (χ2v) is 3.43. The maximum Gasteiger partial charge on any atom is 0.101 e. The molecule has 0 aliphatic rings. The third-order valence-electron chi connectivity index (χ3n) is 1.78. The largest absolute Gasteiger partial charge is 0.247 e. The van der Waals surface area contributed by atoms with Crippen molar-refractivity contribution in [1.82, 2.24) is 0 Å². The normalized spacial score (nSPS) is 16.0. The van der Waals surface area contributed by atoms with Gasteiger partial charge in [0.1, 0.15) is 6.17 Å². The Hall–Kier alpha value is -0.580. The van der Waals surface area contributed by atoms with E-state index in [2.05, 4.69) is 0 Å². The van der Waals surface area contributed by atoms with E-state index in [0.29, 0.717) is 12.3 Å². The minimum atomic E-state index is -0.850. The summed E-state index contributed by atoms with van der Waals surface area (Å²) in [5, 5.41) is 8.38. The van der Waals surface area contributed by atoms with E-state index in [1.807, 2.05) is 19.9 Å². The van der Waals surface area contributed by atoms with Crippen LogP contribution in [0.4, 0.5) is 4.39 Å². The standard InChI is InChI=1S/C9H16FN/c1-7(2)6-9(4-5-11)8(3)10/h7-9H,4,6H2,1-3H3. The van der Waals surface area contributed by atoms with E-state index in [9.17, 15) is 4.39 Å². The molecule has 0 saturated carbocycles. The van der Waals surface area contributed by atoms with Gasteiger partial charge in [0.25, 0.3) is 0 Å². The molecule has 0 N–H and O–H groups in total. The number of halogens is 1. The smallest absolute Gasteiger partial charge is 0.101 e. The van der Waals surface area contributed by atoms with Crippen molar-refractivity contribution in [3.8, 4) is 6.07 Å². The summed E-state index contributed by atoms with van der Waals surface area (Å²) in [5.41, 5.74) is 0. The molecule has 0 aromatic carbocycles. The molecule has 0 saturated heterocycles. The molecule has 1 nitrogen and oxygen atoms in total. The van der Waals surface area contributed by atoms with Crippen LogP contribution in [0.3, 0.4) is 0 Å². The summed E-state index contributed by atoms with van der Waals surface area (Å²) in [6.07, 6.45) is 0.304. The molecule has 11 heavy (non-hydrogen) atoms. The van der Waals surface area contributed by atoms with E-state index in [1.165, 1.54) is 6.92 Å². The van der Waals surface area contributed by atoms with Crippen LogP contribution in [0.15, 0.2) is 0 Å². The van der Waals surface area contributed by atoms with Gasteiger partial charge >= 0.3 is 0 Å². The molecule has 0 spiro atoms. The first kappa shape index (κ1) is 10.4. The van der Waals surface area contributed by atoms with Crippen LogP contribution < -0.4 is 0 Å². The third kappa shape index (κ3) is 4.78. The zero-order chi connectivity index (χ0) is 8.85. The Kier molecular flexibility index (Phi) is 4.85. The van der Waals surface area contributed by atoms with Gasteiger partial charge < -0.3 is 0 Å². The van der Waals surface area contributed by atoms with Gasteiger partial charge in [-0.25, -0.2) is 4.39 Å². The fraction of sp³-hybridized carbons (Fsp3) is 0.889. The molecule has 64 valence electrons. The molecule has 0 aromatic heterocycles. The maximum absolute atomic E-state index is 12.8. The van der Waals surface area contributed by atoms with Gasteiger partial charge in [0.2, 0.25) is 0 Å². The average Bonchev–Trinajstić information content (AvgIpc) is 1.86. The average molecular weight is 157 g/mol. The van der Waals surface area contributed by atoms with E-state index in [0.717, 1.165) is 6.42 Å². The molecule has 0 aromatic rings. The summed E-state index contributed by atoms with van der Waals surface area (Å²) in [6.45, 7) is 5.63. The molecule has 0 fully saturated rings. The minimum absolute atomic E-state index is 0.0694. The molecule has 0 aliphatic heterocycles. The number of nitriles is 1. The predicted octanol–water partition coefficient (Wildman–Crippen LogP) is 2.92. The van der Waals surface area contributed by atoms with E-state index >= 15 is 0 Å². The van der Waals surface area contributed by atoms with Crippen LogP contribution in [0, 0.1) is 23.2 Å². The highest BCUT2D eigenvalue weighted by atomic mass is 19.1. The lowest BCUT2D eigenvalue weighted by molar-refractivity contribution is 0.222. The monoisotopic (exact) mass is 157 g/mol. The Morgan fingerprint density at radius 1 is 1.36 bits per heavy atom. The summed E-state index contributed by atoms with van der Waals surface area (Å²) in [6, 6.07) is 2.01. The summed E-state index contributed by atoms with van der Waals surface area (Å²) >= 11 is 0. The van der Waals surface area contributed by atoms with Crippen LogP contribution in [0.25, 0.3) is 0 Å². The number of rotatable bonds is 4. The quantitative estimate of drug-likeness (QED) is 0.615. The second-order valence-electron chi connectivity index (χ2n) is 3.43. The fourth-order valence-corrected chi connectivity index (χ4v) is 1.16. The topological polar surface area (TPSA) is 23.8 Å². The van der Waals surface area contributed by atoms with Gasteiger partial charge in [-0.2, -0.15) is 5.26 Å². The van der Waals surface area contributed by atoms with Crippen molar-refractivity contribution < 1.29 is 4.39 Å². The Labute approximate surface area is 68.2 Å². The number of alkyl halides is 1. The van der Waals surface area contributed by atoms with Gasteiger partial charge in [0, 0.05) is 12.3 Å². The molecule has 2 unspecified atom stereocenters. The summed E-state index contributed by atoms with van der Waals surface area (Å²) < 4.78 is 12.8. The maximum atomic E-state index is 12.8. The lowest BCUT2D eigenvalue weighted by atomic mass is 9.91. The van der Waals surface area contributed by atoms with Crippen molar-refractivity contribution in [3.63, 3.8) is 0 Å². The summed E-state index contributed by atoms with van der Waals surface area (Å²) in [5.74, 6) is 0.409. The predicted molar refractivity (Wildman–Crippen MR) is 43.7 cm³/mol. The summed E-state index contributed by atoms with van der Waals surface area (Å²) in [4.78, 5) is 0. The summed E-state index contributed by atoms with van der Waals surface area (Å²) in [7, 11) is 0. The van der Waals surface area contributed by atoms with Crippen molar-refractivity contribution in [1.29, 1.82) is 5.26 Å². The molecular weight excluding hydrogens is 141 g/mol. The third-order valence-corrected chi connectivity index (χ3v) is 1.78. The molecule has 0 rings (SSSR count). The van der Waals surface area contributed by atoms with Crippen molar-refractivity contribution in [2.75, 3.05) is 0 Å². The highest BCUT2D eigenvalue weighted by Crippen LogP contribution is 2.20. The number of nitrogens with zero attached hydrogens (tertiary/aromatic N) is 1. The minimum Gasteiger partial charge on any atom is -0.247 e. The first-order valence-corrected chi connectivity index (χ1v) is 4.09. The van der Waals surface area contributed by atoms with Gasteiger partial charge in [-0.15, -0.1) is 0 Å². The van der Waals surface area contributed by atoms with Crippen LogP contribution in [0.1, 0.15) is 33.6 Å². The molecule has 0 heterocycles. The van der Waals surface area contributed by atoms with Crippen molar-refractivity contribution in [2.45, 2.75) is 39.8 Å². The second kappa shape index (κ2) is 5.12. The molecule has 0 bridgehead atoms. The van der Waals surface area contributed by atoms with E-state index in [-0.39, 0.29) is 5.92 Å². The Balaban J connectivity index is 3.81. The first-order chi connectivity index (χ1) is 5.07. The molecule has 0 amide bonds. The van der Waals surface area contributed by atoms with E-state index < -0.39 is 6.17 Å². The molecule has 2 atom stereocenters. The van der Waals surface area contributed by atoms with Crippen LogP contribution in [0.2, 0.25) is 0 Å². The van der Waals surface area contributed by atoms with Gasteiger partial charge in [0.05, 0.1) is 6.07 Å². The lowest BCUT2D eigenvalue weighted by Crippen LogP contribution is -2.14. The number of hydrogen-bond acceptors (Lipinski definition) is 1. The Morgan fingerprint density at radius 2 is 1.91 bits per heavy atom. The van der Waals surface area contributed by atoms with Crippen molar-refractivity contribution in [3.05, 3.63) is 0 Å². The zero-order valence-electron chi connectivity index (χ0n) is 7.47. The van der Waals surface area contributed by atoms with Crippen molar-refractivity contribution in [2.24, 2.45) is 11.8 Å². The van der Waals surface area contributed by atoms with E-state index in [4.69, 9.17) is 5.26 Å². The van der Waals surface area contributed by atoms with Gasteiger partial charge in [0.15, 0.2) is 0 Å². The fourth-order valence-electron chi connectivity index (χ4n) is 1.16. The zero-order valence-corrected chi connectivity index (χ0v) is 7.47. The Bertz CT molecular complexity index is 135. The van der Waals surface area contributed by atoms with Crippen LogP contribution >= 0.6 is 0 Å². The lowest BCUT2D eigenvalue weighted by Gasteiger charge is -2.16. The molecular formula is C9H16FN. The van der Waals surface area contributed by atoms with E-state index in [1.54, 1.807) is 0 Å². The Morgan fingerprint density at radius 3 is 2.18 bits per heavy atom. The van der Waals surface area contributed by atoms with Crippen LogP contribution in [-0.4, -0.2) is 6.17 Å². The van der Waals surface area contributed by atoms with Gasteiger partial charge in [-0.3, -0.25) is 0 Å². The van der Waals surface area contributed by atoms with Gasteiger partial charge in [-0.05, 0) is 19.3 Å². The highest BCUT2D eigenvalue weighted by Gasteiger charge is 2.17. The van der Waals surface area contributed by atoms with Crippen LogP contribution in [-0.2, 0) is 0 Å². The number of hydrogen-bond donors (Lipinski definition) is 0. The molecule has 0 aliphatic carbocycles. The van der Waals surface area contributed by atoms with Crippen LogP contribution in [0.5, 0.6) is 0 Å². The molecule has 2 heteroatoms. The van der Waals surface area contributed by atoms with Crippen molar-refractivity contribution >= 4 is 0 Å². The molecule has 0 radical (unpaired) electrons. The first-order valence-electron chi connectivity index (χ1n) is 4.09. The highest BCUT2D eigenvalue weighted by molar-refractivity contribution is 4.79.